The van der Waals surface area contributed by atoms with Crippen molar-refractivity contribution in [3.8, 4) is 11.5 Å². The van der Waals surface area contributed by atoms with E-state index in [1.165, 1.54) is 13.2 Å². The second kappa shape index (κ2) is 10.1. The molecular weight excluding hydrogens is 523 g/mol. The molecule has 3 aromatic carbocycles. The van der Waals surface area contributed by atoms with Crippen molar-refractivity contribution < 1.29 is 18.7 Å². The highest BCUT2D eigenvalue weighted by Crippen LogP contribution is 2.45. The number of nitrogen functional groups attached to an aromatic ring is 1. The number of amides is 1. The number of fused-ring (bicyclic) bond motifs is 2. The monoisotopic (exact) mass is 550 g/mol. The second-order valence-corrected chi connectivity index (χ2v) is 10.1. The van der Waals surface area contributed by atoms with Gasteiger partial charge in [0.25, 0.3) is 0 Å². The molecule has 9 nitrogen and oxygen atoms in total. The van der Waals surface area contributed by atoms with E-state index < -0.39 is 5.41 Å². The van der Waals surface area contributed by atoms with Gasteiger partial charge in [-0.2, -0.15) is 5.10 Å². The average molecular weight is 551 g/mol. The molecule has 3 N–H and O–H groups in total. The first kappa shape index (κ1) is 26.1. The van der Waals surface area contributed by atoms with Crippen LogP contribution >= 0.6 is 0 Å². The van der Waals surface area contributed by atoms with Crippen LogP contribution in [0.3, 0.4) is 0 Å². The van der Waals surface area contributed by atoms with E-state index in [4.69, 9.17) is 20.6 Å². The molecule has 0 radical (unpaired) electrons. The molecule has 0 spiro atoms. The number of benzene rings is 3. The van der Waals surface area contributed by atoms with Crippen LogP contribution < -0.4 is 11.1 Å². The molecule has 10 heteroatoms. The summed E-state index contributed by atoms with van der Waals surface area (Å²) >= 11 is 0. The summed E-state index contributed by atoms with van der Waals surface area (Å²) in [5.74, 6) is -0.132. The van der Waals surface area contributed by atoms with E-state index in [0.717, 1.165) is 22.0 Å². The van der Waals surface area contributed by atoms with Gasteiger partial charge in [0.2, 0.25) is 5.91 Å². The largest absolute Gasteiger partial charge is 0.469 e. The maximum absolute atomic E-state index is 14.4. The van der Waals surface area contributed by atoms with Crippen molar-refractivity contribution in [2.75, 3.05) is 18.2 Å². The highest BCUT2D eigenvalue weighted by Gasteiger charge is 2.47. The summed E-state index contributed by atoms with van der Waals surface area (Å²) in [5, 5.41) is 8.41. The first-order chi connectivity index (χ1) is 19.8. The molecule has 0 saturated carbocycles. The first-order valence-corrected chi connectivity index (χ1v) is 13.1. The Labute approximate surface area is 235 Å². The molecule has 1 atom stereocenters. The number of hydrogen-bond donors (Lipinski definition) is 2. The number of halogens is 1. The number of anilines is 2. The Bertz CT molecular complexity index is 1820. The fourth-order valence-corrected chi connectivity index (χ4v) is 5.34. The fraction of sp³-hybridized carbons (Fsp3) is 0.194. The minimum atomic E-state index is -1.12. The maximum Gasteiger partial charge on any atom is 0.305 e. The SMILES string of the molecule is COC(=O)CCc1ccc(C2(C)C(=O)Nc3nc(-c4nn(Cc5ccccc5F)c5ccccc45)nc(N)c32)cc1. The topological polar surface area (TPSA) is 125 Å². The van der Waals surface area contributed by atoms with Crippen molar-refractivity contribution in [3.05, 3.63) is 101 Å². The van der Waals surface area contributed by atoms with E-state index in [1.807, 2.05) is 48.5 Å². The lowest BCUT2D eigenvalue weighted by Crippen LogP contribution is -2.33. The number of methoxy groups -OCH3 is 1. The Balaban J connectivity index is 1.38. The van der Waals surface area contributed by atoms with Crippen LogP contribution in [0.1, 0.15) is 35.6 Å². The van der Waals surface area contributed by atoms with Gasteiger partial charge in [-0.05, 0) is 36.6 Å². The van der Waals surface area contributed by atoms with Gasteiger partial charge in [-0.25, -0.2) is 14.4 Å². The first-order valence-electron chi connectivity index (χ1n) is 13.1. The number of nitrogens with zero attached hydrogens (tertiary/aromatic N) is 4. The van der Waals surface area contributed by atoms with Gasteiger partial charge in [-0.15, -0.1) is 0 Å². The third-order valence-electron chi connectivity index (χ3n) is 7.65. The van der Waals surface area contributed by atoms with E-state index in [9.17, 15) is 14.0 Å². The third kappa shape index (κ3) is 4.47. The number of nitrogens with two attached hydrogens (primary N) is 1. The molecule has 1 aliphatic rings. The van der Waals surface area contributed by atoms with Crippen LogP contribution in [0.25, 0.3) is 22.4 Å². The second-order valence-electron chi connectivity index (χ2n) is 10.1. The summed E-state index contributed by atoms with van der Waals surface area (Å²) < 4.78 is 20.8. The number of aromatic nitrogens is 4. The lowest BCUT2D eigenvalue weighted by Gasteiger charge is -2.23. The Kier molecular flexibility index (Phi) is 6.45. The predicted molar refractivity (Wildman–Crippen MR) is 153 cm³/mol. The van der Waals surface area contributed by atoms with Gasteiger partial charge in [0.1, 0.15) is 28.6 Å². The van der Waals surface area contributed by atoms with Crippen molar-refractivity contribution >= 4 is 34.4 Å². The highest BCUT2D eigenvalue weighted by molar-refractivity contribution is 6.09. The molecule has 41 heavy (non-hydrogen) atoms. The maximum atomic E-state index is 14.4. The molecule has 0 saturated heterocycles. The van der Waals surface area contributed by atoms with Crippen molar-refractivity contribution in [3.63, 3.8) is 0 Å². The number of hydrogen-bond acceptors (Lipinski definition) is 7. The van der Waals surface area contributed by atoms with Crippen LogP contribution in [-0.4, -0.2) is 38.7 Å². The van der Waals surface area contributed by atoms with Crippen LogP contribution in [0.4, 0.5) is 16.0 Å². The Morgan fingerprint density at radius 3 is 2.54 bits per heavy atom. The molecule has 2 aromatic heterocycles. The lowest BCUT2D eigenvalue weighted by atomic mass is 9.77. The standard InChI is InChI=1S/C31H27FN6O3/c1-31(20-14-11-18(12-15-20)13-16-24(39)41-2)25-27(33)34-29(35-28(25)36-30(31)40)26-21-8-4-6-10-23(21)38(37-26)17-19-7-3-5-9-22(19)32/h3-12,14-15H,13,16-17H2,1-2H3,(H3,33,34,35,36,40). The summed E-state index contributed by atoms with van der Waals surface area (Å²) in [7, 11) is 1.36. The number of esters is 1. The molecule has 1 unspecified atom stereocenters. The van der Waals surface area contributed by atoms with Crippen molar-refractivity contribution in [2.45, 2.75) is 31.7 Å². The minimum absolute atomic E-state index is 0.161. The van der Waals surface area contributed by atoms with Crippen molar-refractivity contribution in [1.82, 2.24) is 19.7 Å². The van der Waals surface area contributed by atoms with Gasteiger partial charge < -0.3 is 15.8 Å². The molecule has 1 aliphatic heterocycles. The van der Waals surface area contributed by atoms with Gasteiger partial charge in [0.15, 0.2) is 5.82 Å². The quantitative estimate of drug-likeness (QED) is 0.283. The van der Waals surface area contributed by atoms with Gasteiger partial charge in [-0.1, -0.05) is 60.7 Å². The summed E-state index contributed by atoms with van der Waals surface area (Å²) in [6.07, 6.45) is 0.795. The number of carbonyl (C=O) groups excluding carboxylic acids is 2. The predicted octanol–water partition coefficient (Wildman–Crippen LogP) is 4.63. The minimum Gasteiger partial charge on any atom is -0.469 e. The number of para-hydroxylation sites is 1. The van der Waals surface area contributed by atoms with Crippen LogP contribution in [0, 0.1) is 5.82 Å². The molecule has 6 rings (SSSR count). The molecule has 206 valence electrons. The highest BCUT2D eigenvalue weighted by atomic mass is 19.1. The molecule has 3 heterocycles. The summed E-state index contributed by atoms with van der Waals surface area (Å²) in [6.45, 7) is 2.01. The van der Waals surface area contributed by atoms with Crippen LogP contribution in [-0.2, 0) is 32.7 Å². The zero-order valence-electron chi connectivity index (χ0n) is 22.5. The van der Waals surface area contributed by atoms with Gasteiger partial charge in [0.05, 0.1) is 24.7 Å². The zero-order valence-corrected chi connectivity index (χ0v) is 22.5. The number of rotatable bonds is 7. The van der Waals surface area contributed by atoms with E-state index in [0.29, 0.717) is 29.1 Å². The molecule has 5 aromatic rings. The summed E-state index contributed by atoms with van der Waals surface area (Å²) in [5.41, 5.74) is 9.32. The van der Waals surface area contributed by atoms with E-state index in [-0.39, 0.29) is 42.3 Å². The zero-order chi connectivity index (χ0) is 28.7. The van der Waals surface area contributed by atoms with E-state index in [2.05, 4.69) is 10.3 Å². The van der Waals surface area contributed by atoms with Crippen LogP contribution in [0.2, 0.25) is 0 Å². The molecule has 0 bridgehead atoms. The lowest BCUT2D eigenvalue weighted by molar-refractivity contribution is -0.140. The number of ether oxygens (including phenoxy) is 1. The number of nitrogens with one attached hydrogen (secondary N) is 1. The normalized spacial score (nSPS) is 16.0. The van der Waals surface area contributed by atoms with Gasteiger partial charge >= 0.3 is 5.97 Å². The summed E-state index contributed by atoms with van der Waals surface area (Å²) in [6, 6.07) is 21.6. The summed E-state index contributed by atoms with van der Waals surface area (Å²) in [4.78, 5) is 34.2. The molecular formula is C31H27FN6O3. The fourth-order valence-electron chi connectivity index (χ4n) is 5.34. The Hall–Kier alpha value is -5.12. The van der Waals surface area contributed by atoms with Gasteiger partial charge in [0, 0.05) is 17.4 Å². The third-order valence-corrected chi connectivity index (χ3v) is 7.65. The van der Waals surface area contributed by atoms with Crippen LogP contribution in [0.5, 0.6) is 0 Å². The molecule has 0 aliphatic carbocycles. The Morgan fingerprint density at radius 2 is 1.78 bits per heavy atom. The van der Waals surface area contributed by atoms with Crippen LogP contribution in [0.15, 0.2) is 72.8 Å². The number of carbonyl (C=O) groups is 2. The Morgan fingerprint density at radius 1 is 1.05 bits per heavy atom. The molecule has 1 amide bonds. The smallest absolute Gasteiger partial charge is 0.305 e. The van der Waals surface area contributed by atoms with Crippen molar-refractivity contribution in [1.29, 1.82) is 0 Å². The molecule has 0 fully saturated rings. The number of aryl methyl sites for hydroxylation is 1. The van der Waals surface area contributed by atoms with Gasteiger partial charge in [-0.3, -0.25) is 14.3 Å². The average Bonchev–Trinajstić information content (AvgIpc) is 3.48. The van der Waals surface area contributed by atoms with E-state index >= 15 is 0 Å². The van der Waals surface area contributed by atoms with E-state index in [1.54, 1.807) is 29.8 Å². The van der Waals surface area contributed by atoms with Crippen molar-refractivity contribution in [2.24, 2.45) is 0 Å².